The van der Waals surface area contributed by atoms with Crippen molar-refractivity contribution in [2.45, 2.75) is 45.4 Å². The first-order valence-corrected chi connectivity index (χ1v) is 8.12. The van der Waals surface area contributed by atoms with E-state index in [2.05, 4.69) is 11.2 Å². The Morgan fingerprint density at radius 1 is 1.20 bits per heavy atom. The second kappa shape index (κ2) is 4.44. The number of Topliss-reactive ketones (excluding diaryl/α,β-unsaturated/α-hetero) is 1. The van der Waals surface area contributed by atoms with Gasteiger partial charge in [-0.1, -0.05) is 0 Å². The van der Waals surface area contributed by atoms with Crippen molar-refractivity contribution in [2.75, 3.05) is 0 Å². The van der Waals surface area contributed by atoms with Crippen LogP contribution in [0.3, 0.4) is 0 Å². The number of aromatic nitrogens is 2. The Kier molecular flexibility index (Phi) is 2.80. The van der Waals surface area contributed by atoms with E-state index in [0.29, 0.717) is 30.0 Å². The Morgan fingerprint density at radius 2 is 1.80 bits per heavy atom. The van der Waals surface area contributed by atoms with E-state index in [0.717, 1.165) is 23.2 Å². The lowest BCUT2D eigenvalue weighted by molar-refractivity contribution is -0.135. The average molecular weight is 272 g/mol. The SMILES string of the molecule is Cc1cc(CC(=O)C2C3CC4CC(C3)CC2C4)n(C)n1. The average Bonchev–Trinajstić information content (AvgIpc) is 2.66. The third kappa shape index (κ3) is 1.94. The van der Waals surface area contributed by atoms with Gasteiger partial charge in [-0.15, -0.1) is 0 Å². The minimum Gasteiger partial charge on any atom is -0.299 e. The third-order valence-electron chi connectivity index (χ3n) is 6.05. The summed E-state index contributed by atoms with van der Waals surface area (Å²) in [4.78, 5) is 12.8. The van der Waals surface area contributed by atoms with Crippen LogP contribution in [0.1, 0.15) is 43.5 Å². The van der Waals surface area contributed by atoms with E-state index < -0.39 is 0 Å². The van der Waals surface area contributed by atoms with Gasteiger partial charge >= 0.3 is 0 Å². The Hall–Kier alpha value is -1.12. The number of nitrogens with zero attached hydrogens (tertiary/aromatic N) is 2. The molecule has 20 heavy (non-hydrogen) atoms. The minimum atomic E-state index is 0.359. The lowest BCUT2D eigenvalue weighted by Gasteiger charge is -2.53. The predicted octanol–water partition coefficient (Wildman–Crippen LogP) is 2.91. The van der Waals surface area contributed by atoms with E-state index in [9.17, 15) is 4.79 Å². The highest BCUT2D eigenvalue weighted by molar-refractivity contribution is 5.83. The highest BCUT2D eigenvalue weighted by atomic mass is 16.1. The molecule has 0 aromatic carbocycles. The van der Waals surface area contributed by atoms with E-state index in [-0.39, 0.29) is 0 Å². The van der Waals surface area contributed by atoms with Crippen molar-refractivity contribution >= 4 is 5.78 Å². The third-order valence-corrected chi connectivity index (χ3v) is 6.05. The summed E-state index contributed by atoms with van der Waals surface area (Å²) in [6, 6.07) is 2.06. The van der Waals surface area contributed by atoms with Gasteiger partial charge in [0.1, 0.15) is 5.78 Å². The summed E-state index contributed by atoms with van der Waals surface area (Å²) < 4.78 is 1.88. The molecule has 4 aliphatic carbocycles. The van der Waals surface area contributed by atoms with Crippen LogP contribution in [0.15, 0.2) is 6.07 Å². The summed E-state index contributed by atoms with van der Waals surface area (Å²) in [5.74, 6) is 4.14. The molecule has 0 unspecified atom stereocenters. The maximum Gasteiger partial charge on any atom is 0.142 e. The molecule has 1 heterocycles. The maximum absolute atomic E-state index is 12.8. The van der Waals surface area contributed by atoms with Crippen LogP contribution in [0.25, 0.3) is 0 Å². The Bertz CT molecular complexity index is 517. The van der Waals surface area contributed by atoms with Crippen molar-refractivity contribution in [3.63, 3.8) is 0 Å². The Balaban J connectivity index is 1.53. The van der Waals surface area contributed by atoms with Crippen LogP contribution in [-0.2, 0) is 18.3 Å². The highest BCUT2D eigenvalue weighted by Gasteiger charge is 2.50. The van der Waals surface area contributed by atoms with E-state index in [1.807, 2.05) is 18.7 Å². The molecule has 0 amide bonds. The monoisotopic (exact) mass is 272 g/mol. The molecular weight excluding hydrogens is 248 g/mol. The number of carbonyl (C=O) groups excluding carboxylic acids is 1. The zero-order valence-electron chi connectivity index (χ0n) is 12.5. The predicted molar refractivity (Wildman–Crippen MR) is 77.2 cm³/mol. The van der Waals surface area contributed by atoms with E-state index in [4.69, 9.17) is 0 Å². The number of aryl methyl sites for hydroxylation is 2. The fraction of sp³-hybridized carbons (Fsp3) is 0.765. The molecule has 0 saturated heterocycles. The van der Waals surface area contributed by atoms with Gasteiger partial charge in [0, 0.05) is 25.1 Å². The first-order chi connectivity index (χ1) is 9.60. The van der Waals surface area contributed by atoms with Crippen LogP contribution >= 0.6 is 0 Å². The highest BCUT2D eigenvalue weighted by Crippen LogP contribution is 2.56. The number of ketones is 1. The van der Waals surface area contributed by atoms with Crippen molar-refractivity contribution < 1.29 is 4.79 Å². The number of rotatable bonds is 3. The lowest BCUT2D eigenvalue weighted by Crippen LogP contribution is -2.48. The van der Waals surface area contributed by atoms with Gasteiger partial charge in [-0.3, -0.25) is 9.48 Å². The van der Waals surface area contributed by atoms with Crippen molar-refractivity contribution in [1.29, 1.82) is 0 Å². The fourth-order valence-corrected chi connectivity index (χ4v) is 5.58. The Labute approximate surface area is 120 Å². The summed E-state index contributed by atoms with van der Waals surface area (Å²) >= 11 is 0. The summed E-state index contributed by atoms with van der Waals surface area (Å²) in [7, 11) is 1.95. The van der Waals surface area contributed by atoms with E-state index in [1.165, 1.54) is 32.1 Å². The second-order valence-electron chi connectivity index (χ2n) is 7.50. The molecule has 4 bridgehead atoms. The molecule has 0 spiro atoms. The van der Waals surface area contributed by atoms with Crippen molar-refractivity contribution in [1.82, 2.24) is 9.78 Å². The molecule has 4 fully saturated rings. The van der Waals surface area contributed by atoms with Crippen molar-refractivity contribution in [3.8, 4) is 0 Å². The molecular formula is C17H24N2O. The topological polar surface area (TPSA) is 34.9 Å². The molecule has 0 radical (unpaired) electrons. The largest absolute Gasteiger partial charge is 0.299 e. The molecule has 0 aliphatic heterocycles. The molecule has 108 valence electrons. The van der Waals surface area contributed by atoms with Crippen LogP contribution < -0.4 is 0 Å². The van der Waals surface area contributed by atoms with Crippen LogP contribution in [-0.4, -0.2) is 15.6 Å². The first-order valence-electron chi connectivity index (χ1n) is 8.12. The summed E-state index contributed by atoms with van der Waals surface area (Å²) in [5.41, 5.74) is 2.10. The normalized spacial score (nSPS) is 38.4. The van der Waals surface area contributed by atoms with Gasteiger partial charge in [-0.2, -0.15) is 5.10 Å². The number of hydrogen-bond donors (Lipinski definition) is 0. The van der Waals surface area contributed by atoms with Crippen molar-refractivity contribution in [2.24, 2.45) is 36.6 Å². The minimum absolute atomic E-state index is 0.359. The fourth-order valence-electron chi connectivity index (χ4n) is 5.58. The number of carbonyl (C=O) groups is 1. The number of hydrogen-bond acceptors (Lipinski definition) is 2. The molecule has 0 atom stereocenters. The zero-order chi connectivity index (χ0) is 13.9. The molecule has 5 rings (SSSR count). The van der Waals surface area contributed by atoms with Gasteiger partial charge < -0.3 is 0 Å². The van der Waals surface area contributed by atoms with E-state index >= 15 is 0 Å². The van der Waals surface area contributed by atoms with Gasteiger partial charge in [-0.05, 0) is 68.8 Å². The quantitative estimate of drug-likeness (QED) is 0.848. The molecule has 3 heteroatoms. The van der Waals surface area contributed by atoms with E-state index in [1.54, 1.807) is 0 Å². The van der Waals surface area contributed by atoms with Gasteiger partial charge in [0.05, 0.1) is 5.69 Å². The van der Waals surface area contributed by atoms with Gasteiger partial charge in [0.2, 0.25) is 0 Å². The van der Waals surface area contributed by atoms with Gasteiger partial charge in [0.25, 0.3) is 0 Å². The van der Waals surface area contributed by atoms with Crippen LogP contribution in [0.4, 0.5) is 0 Å². The van der Waals surface area contributed by atoms with Crippen LogP contribution in [0, 0.1) is 36.5 Å². The smallest absolute Gasteiger partial charge is 0.142 e. The first kappa shape index (κ1) is 12.6. The maximum atomic E-state index is 12.8. The molecule has 1 aromatic heterocycles. The van der Waals surface area contributed by atoms with Crippen LogP contribution in [0.5, 0.6) is 0 Å². The molecule has 4 saturated carbocycles. The lowest BCUT2D eigenvalue weighted by atomic mass is 9.51. The van der Waals surface area contributed by atoms with Crippen molar-refractivity contribution in [3.05, 3.63) is 17.5 Å². The molecule has 1 aromatic rings. The summed E-state index contributed by atoms with van der Waals surface area (Å²) in [6.07, 6.45) is 7.35. The van der Waals surface area contributed by atoms with Gasteiger partial charge in [-0.25, -0.2) is 0 Å². The Morgan fingerprint density at radius 3 is 2.30 bits per heavy atom. The summed E-state index contributed by atoms with van der Waals surface area (Å²) in [5, 5.41) is 4.37. The summed E-state index contributed by atoms with van der Waals surface area (Å²) in [6.45, 7) is 2.00. The second-order valence-corrected chi connectivity index (χ2v) is 7.50. The molecule has 4 aliphatic rings. The molecule has 3 nitrogen and oxygen atoms in total. The van der Waals surface area contributed by atoms with Crippen LogP contribution in [0.2, 0.25) is 0 Å². The standard InChI is InChI=1S/C17H24N2O/c1-10-3-15(19(2)18-10)9-16(20)17-13-5-11-4-12(7-13)8-14(17)6-11/h3,11-14,17H,4-9H2,1-2H3. The zero-order valence-corrected chi connectivity index (χ0v) is 12.5. The molecule has 0 N–H and O–H groups in total. The van der Waals surface area contributed by atoms with Gasteiger partial charge in [0.15, 0.2) is 0 Å².